The first-order valence-corrected chi connectivity index (χ1v) is 5.11. The van der Waals surface area contributed by atoms with Gasteiger partial charge in [-0.05, 0) is 13.3 Å². The molecule has 6 heteroatoms. The number of carbonyl (C=O) groups excluding carboxylic acids is 1. The Morgan fingerprint density at radius 2 is 2.08 bits per heavy atom. The number of rotatable bonds is 4. The highest BCUT2D eigenvalue weighted by atomic mass is 32.3. The second-order valence-electron chi connectivity index (χ2n) is 2.47. The van der Waals surface area contributed by atoms with Crippen LogP contribution in [0.4, 0.5) is 0 Å². The topological polar surface area (TPSA) is 80.7 Å². The number of carbonyl (C=O) groups is 1. The molecule has 0 aliphatic rings. The highest BCUT2D eigenvalue weighted by molar-refractivity contribution is 7.81. The van der Waals surface area contributed by atoms with Crippen molar-refractivity contribution in [2.24, 2.45) is 0 Å². The summed E-state index contributed by atoms with van der Waals surface area (Å²) in [5, 5.41) is 0. The number of hydrogen-bond acceptors (Lipinski definition) is 4. The van der Waals surface area contributed by atoms with Crippen LogP contribution < -0.4 is 0 Å². The first kappa shape index (κ1) is 12.1. The van der Waals surface area contributed by atoms with E-state index in [1.54, 1.807) is 6.08 Å². The summed E-state index contributed by atoms with van der Waals surface area (Å²) >= 11 is 0. The van der Waals surface area contributed by atoms with Crippen LogP contribution >= 0.6 is 0 Å². The molecule has 76 valence electrons. The second kappa shape index (κ2) is 4.98. The van der Waals surface area contributed by atoms with Gasteiger partial charge < -0.3 is 4.18 Å². The van der Waals surface area contributed by atoms with Crippen molar-refractivity contribution in [2.75, 3.05) is 0 Å². The molecule has 1 N–H and O–H groups in total. The highest BCUT2D eigenvalue weighted by Crippen LogP contribution is 2.02. The first-order valence-electron chi connectivity index (χ1n) is 3.74. The SMILES string of the molecule is CCCC=C(C)C(=O)OS(=O)(=O)O. The van der Waals surface area contributed by atoms with Gasteiger partial charge in [-0.2, -0.15) is 8.42 Å². The molecule has 0 saturated carbocycles. The van der Waals surface area contributed by atoms with Crippen molar-refractivity contribution in [3.05, 3.63) is 11.6 Å². The van der Waals surface area contributed by atoms with Gasteiger partial charge in [0.15, 0.2) is 0 Å². The monoisotopic (exact) mass is 208 g/mol. The van der Waals surface area contributed by atoms with Gasteiger partial charge in [0, 0.05) is 5.57 Å². The van der Waals surface area contributed by atoms with Crippen molar-refractivity contribution in [3.63, 3.8) is 0 Å². The third-order valence-electron chi connectivity index (χ3n) is 1.24. The first-order chi connectivity index (χ1) is 5.87. The Bertz CT molecular complexity index is 301. The maximum absolute atomic E-state index is 10.8. The molecule has 0 unspecified atom stereocenters. The normalized spacial score (nSPS) is 12.7. The summed E-state index contributed by atoms with van der Waals surface area (Å²) in [6, 6.07) is 0. The molecule has 13 heavy (non-hydrogen) atoms. The van der Waals surface area contributed by atoms with Crippen LogP contribution in [0.15, 0.2) is 11.6 Å². The molecule has 0 atom stereocenters. The van der Waals surface area contributed by atoms with E-state index >= 15 is 0 Å². The minimum Gasteiger partial charge on any atom is -0.321 e. The fourth-order valence-corrected chi connectivity index (χ4v) is 0.928. The molecule has 5 nitrogen and oxygen atoms in total. The van der Waals surface area contributed by atoms with Crippen LogP contribution in [-0.2, 0) is 19.4 Å². The third-order valence-corrected chi connectivity index (χ3v) is 1.60. The number of allylic oxidation sites excluding steroid dienone is 1. The predicted octanol–water partition coefficient (Wildman–Crippen LogP) is 1.08. The van der Waals surface area contributed by atoms with Crippen LogP contribution in [0, 0.1) is 0 Å². The summed E-state index contributed by atoms with van der Waals surface area (Å²) in [7, 11) is -4.68. The molecule has 0 aromatic rings. The Morgan fingerprint density at radius 3 is 2.46 bits per heavy atom. The molecule has 0 aliphatic heterocycles. The van der Waals surface area contributed by atoms with Crippen LogP contribution in [0.25, 0.3) is 0 Å². The van der Waals surface area contributed by atoms with E-state index in [2.05, 4.69) is 4.18 Å². The van der Waals surface area contributed by atoms with Crippen LogP contribution in [0.1, 0.15) is 26.7 Å². The van der Waals surface area contributed by atoms with Gasteiger partial charge in [-0.25, -0.2) is 4.79 Å². The Balaban J connectivity index is 4.28. The minimum absolute atomic E-state index is 0.166. The van der Waals surface area contributed by atoms with Crippen molar-refractivity contribution in [2.45, 2.75) is 26.7 Å². The van der Waals surface area contributed by atoms with Crippen molar-refractivity contribution in [1.29, 1.82) is 0 Å². The quantitative estimate of drug-likeness (QED) is 0.552. The van der Waals surface area contributed by atoms with E-state index in [-0.39, 0.29) is 5.57 Å². The maximum atomic E-state index is 10.8. The summed E-state index contributed by atoms with van der Waals surface area (Å²) in [5.74, 6) is -1.05. The smallest absolute Gasteiger partial charge is 0.321 e. The molecule has 0 radical (unpaired) electrons. The van der Waals surface area contributed by atoms with Gasteiger partial charge in [-0.15, -0.1) is 0 Å². The average molecular weight is 208 g/mol. The molecule has 0 rings (SSSR count). The number of hydrogen-bond donors (Lipinski definition) is 1. The Kier molecular flexibility index (Phi) is 4.64. The summed E-state index contributed by atoms with van der Waals surface area (Å²) in [5.41, 5.74) is 0.166. The van der Waals surface area contributed by atoms with Crippen molar-refractivity contribution >= 4 is 16.4 Å². The van der Waals surface area contributed by atoms with Crippen LogP contribution in [0.5, 0.6) is 0 Å². The molecular formula is C7H12O5S. The largest absolute Gasteiger partial charge is 0.449 e. The molecule has 0 fully saturated rings. The van der Waals surface area contributed by atoms with Crippen LogP contribution in [-0.4, -0.2) is 18.9 Å². The van der Waals surface area contributed by atoms with Crippen molar-refractivity contribution < 1.29 is 21.9 Å². The summed E-state index contributed by atoms with van der Waals surface area (Å²) in [6.45, 7) is 3.33. The van der Waals surface area contributed by atoms with E-state index in [4.69, 9.17) is 4.55 Å². The van der Waals surface area contributed by atoms with E-state index < -0.39 is 16.4 Å². The zero-order valence-corrected chi connectivity index (χ0v) is 8.30. The molecule has 0 saturated heterocycles. The van der Waals surface area contributed by atoms with Gasteiger partial charge in [0.2, 0.25) is 0 Å². The zero-order valence-electron chi connectivity index (χ0n) is 7.48. The fraction of sp³-hybridized carbons (Fsp3) is 0.571. The molecular weight excluding hydrogens is 196 g/mol. The van der Waals surface area contributed by atoms with Crippen LogP contribution in [0.3, 0.4) is 0 Å². The van der Waals surface area contributed by atoms with E-state index in [0.717, 1.165) is 6.42 Å². The molecule has 0 bridgehead atoms. The summed E-state index contributed by atoms with van der Waals surface area (Å²) < 4.78 is 32.1. The van der Waals surface area contributed by atoms with E-state index in [9.17, 15) is 13.2 Å². The molecule has 0 aromatic heterocycles. The van der Waals surface area contributed by atoms with Gasteiger partial charge in [-0.3, -0.25) is 4.55 Å². The molecule has 0 spiro atoms. The molecule has 0 aliphatic carbocycles. The lowest BCUT2D eigenvalue weighted by Crippen LogP contribution is -2.12. The lowest BCUT2D eigenvalue weighted by molar-refractivity contribution is -0.130. The standard InChI is InChI=1S/C7H12O5S/c1-3-4-5-6(2)7(8)12-13(9,10)11/h5H,3-4H2,1-2H3,(H,9,10,11). The maximum Gasteiger partial charge on any atom is 0.449 e. The Hall–Kier alpha value is -0.880. The van der Waals surface area contributed by atoms with Crippen molar-refractivity contribution in [3.8, 4) is 0 Å². The van der Waals surface area contributed by atoms with Crippen molar-refractivity contribution in [1.82, 2.24) is 0 Å². The van der Waals surface area contributed by atoms with Gasteiger partial charge in [0.25, 0.3) is 0 Å². The lowest BCUT2D eigenvalue weighted by Gasteiger charge is -1.99. The molecule has 0 amide bonds. The van der Waals surface area contributed by atoms with Crippen LogP contribution in [0.2, 0.25) is 0 Å². The summed E-state index contributed by atoms with van der Waals surface area (Å²) in [4.78, 5) is 10.8. The van der Waals surface area contributed by atoms with E-state index in [1.807, 2.05) is 6.92 Å². The molecule has 0 heterocycles. The lowest BCUT2D eigenvalue weighted by atomic mass is 10.2. The Labute approximate surface area is 77.4 Å². The number of unbranched alkanes of at least 4 members (excludes halogenated alkanes) is 1. The third kappa shape index (κ3) is 6.30. The predicted molar refractivity (Wildman–Crippen MR) is 46.3 cm³/mol. The second-order valence-corrected chi connectivity index (χ2v) is 3.50. The van der Waals surface area contributed by atoms with E-state index in [1.165, 1.54) is 6.92 Å². The summed E-state index contributed by atoms with van der Waals surface area (Å²) in [6.07, 6.45) is 3.05. The Morgan fingerprint density at radius 1 is 1.54 bits per heavy atom. The fourth-order valence-electron chi connectivity index (χ4n) is 0.606. The van der Waals surface area contributed by atoms with E-state index in [0.29, 0.717) is 6.42 Å². The van der Waals surface area contributed by atoms with Gasteiger partial charge in [0.05, 0.1) is 0 Å². The zero-order chi connectivity index (χ0) is 10.5. The highest BCUT2D eigenvalue weighted by Gasteiger charge is 2.14. The average Bonchev–Trinajstić information content (AvgIpc) is 1.96. The molecule has 0 aromatic carbocycles. The van der Waals surface area contributed by atoms with Gasteiger partial charge in [0.1, 0.15) is 0 Å². The van der Waals surface area contributed by atoms with Gasteiger partial charge >= 0.3 is 16.4 Å². The van der Waals surface area contributed by atoms with Gasteiger partial charge in [-0.1, -0.05) is 19.4 Å². The minimum atomic E-state index is -4.68.